The van der Waals surface area contributed by atoms with Crippen LogP contribution >= 0.6 is 11.9 Å². The first kappa shape index (κ1) is 24.5. The second-order valence-electron chi connectivity index (χ2n) is 7.02. The van der Waals surface area contributed by atoms with Crippen molar-refractivity contribution in [1.29, 1.82) is 0 Å². The van der Waals surface area contributed by atoms with Crippen molar-refractivity contribution in [2.45, 2.75) is 46.0 Å². The van der Waals surface area contributed by atoms with Crippen molar-refractivity contribution < 1.29 is 22.8 Å². The minimum absolute atomic E-state index is 0.00696. The average Bonchev–Trinajstić information content (AvgIpc) is 3.10. The largest absolute Gasteiger partial charge is 0.394 e. The number of rotatable bonds is 9. The molecule has 0 aliphatic rings. The standard InChI is InChI=1S/C18H24F3N7O2S/c1-10(2)16(31-23)15(22)17(30)25-8-12-9-28-13(27-12)5-11(7-26-28)6-24-14(29)3-4-18(19,20)21/h5,7,9-10H,3-4,6,8,22-23H2,1-2H3,(H,24,29)(H,25,30)/b16-15-. The first-order valence-corrected chi connectivity index (χ1v) is 10.2. The van der Waals surface area contributed by atoms with Gasteiger partial charge < -0.3 is 16.4 Å². The zero-order valence-electron chi connectivity index (χ0n) is 17.0. The van der Waals surface area contributed by atoms with Crippen LogP contribution in [0.15, 0.2) is 29.1 Å². The number of amides is 2. The van der Waals surface area contributed by atoms with Crippen LogP contribution in [0.5, 0.6) is 0 Å². The van der Waals surface area contributed by atoms with Crippen molar-refractivity contribution in [2.24, 2.45) is 16.8 Å². The number of hydrogen-bond donors (Lipinski definition) is 4. The lowest BCUT2D eigenvalue weighted by atomic mass is 10.1. The Morgan fingerprint density at radius 1 is 1.26 bits per heavy atom. The number of nitrogens with zero attached hydrogens (tertiary/aromatic N) is 3. The molecule has 0 saturated carbocycles. The summed E-state index contributed by atoms with van der Waals surface area (Å²) in [5.74, 6) is -1.16. The SMILES string of the molecule is CC(C)/C(SN)=C(/N)C(=O)NCc1cn2ncc(CNC(=O)CCC(F)(F)F)cc2n1. The number of fused-ring (bicyclic) bond motifs is 1. The second kappa shape index (κ2) is 10.5. The number of halogens is 3. The van der Waals surface area contributed by atoms with E-state index in [9.17, 15) is 22.8 Å². The summed E-state index contributed by atoms with van der Waals surface area (Å²) in [5.41, 5.74) is 7.46. The number of nitrogens with one attached hydrogen (secondary N) is 2. The molecule has 2 rings (SSSR count). The summed E-state index contributed by atoms with van der Waals surface area (Å²) in [4.78, 5) is 28.7. The Morgan fingerprint density at radius 2 is 1.97 bits per heavy atom. The Bertz CT molecular complexity index is 973. The number of aromatic nitrogens is 3. The number of imidazole rings is 1. The summed E-state index contributed by atoms with van der Waals surface area (Å²) in [5, 5.41) is 14.8. The quantitative estimate of drug-likeness (QED) is 0.331. The van der Waals surface area contributed by atoms with Gasteiger partial charge in [0.2, 0.25) is 5.91 Å². The van der Waals surface area contributed by atoms with Gasteiger partial charge in [0.25, 0.3) is 5.91 Å². The van der Waals surface area contributed by atoms with Crippen molar-refractivity contribution in [3.63, 3.8) is 0 Å². The van der Waals surface area contributed by atoms with Crippen LogP contribution in [0, 0.1) is 5.92 Å². The number of hydrogen-bond acceptors (Lipinski definition) is 7. The summed E-state index contributed by atoms with van der Waals surface area (Å²) >= 11 is 0.931. The van der Waals surface area contributed by atoms with Gasteiger partial charge in [-0.2, -0.15) is 18.3 Å². The van der Waals surface area contributed by atoms with E-state index in [4.69, 9.17) is 10.9 Å². The number of nitrogens with two attached hydrogens (primary N) is 2. The van der Waals surface area contributed by atoms with E-state index in [0.29, 0.717) is 21.8 Å². The summed E-state index contributed by atoms with van der Waals surface area (Å²) < 4.78 is 38.0. The molecule has 31 heavy (non-hydrogen) atoms. The van der Waals surface area contributed by atoms with Gasteiger partial charge in [-0.3, -0.25) is 14.7 Å². The van der Waals surface area contributed by atoms with E-state index in [1.807, 2.05) is 13.8 Å². The molecular weight excluding hydrogens is 435 g/mol. The molecule has 2 heterocycles. The molecule has 0 bridgehead atoms. The Kier molecular flexibility index (Phi) is 8.28. The van der Waals surface area contributed by atoms with E-state index in [-0.39, 0.29) is 24.7 Å². The molecule has 0 saturated heterocycles. The first-order valence-electron chi connectivity index (χ1n) is 9.31. The van der Waals surface area contributed by atoms with Crippen LogP contribution in [-0.4, -0.2) is 32.6 Å². The smallest absolute Gasteiger partial charge is 0.389 e. The summed E-state index contributed by atoms with van der Waals surface area (Å²) in [6.07, 6.45) is -3.10. The van der Waals surface area contributed by atoms with Crippen LogP contribution in [0.1, 0.15) is 37.9 Å². The van der Waals surface area contributed by atoms with E-state index in [1.165, 1.54) is 10.7 Å². The van der Waals surface area contributed by atoms with Gasteiger partial charge in [-0.1, -0.05) is 13.8 Å². The van der Waals surface area contributed by atoms with Gasteiger partial charge in [0, 0.05) is 17.9 Å². The van der Waals surface area contributed by atoms with Crippen molar-refractivity contribution in [1.82, 2.24) is 25.2 Å². The molecular formula is C18H24F3N7O2S. The first-order chi connectivity index (χ1) is 14.5. The molecule has 0 spiro atoms. The van der Waals surface area contributed by atoms with E-state index in [2.05, 4.69) is 20.7 Å². The third-order valence-electron chi connectivity index (χ3n) is 4.14. The highest BCUT2D eigenvalue weighted by atomic mass is 32.2. The van der Waals surface area contributed by atoms with Crippen molar-refractivity contribution in [3.05, 3.63) is 40.3 Å². The monoisotopic (exact) mass is 459 g/mol. The summed E-state index contributed by atoms with van der Waals surface area (Å²) in [6.45, 7) is 3.88. The highest BCUT2D eigenvalue weighted by Gasteiger charge is 2.27. The maximum absolute atomic E-state index is 12.2. The molecule has 170 valence electrons. The highest BCUT2D eigenvalue weighted by Crippen LogP contribution is 2.22. The third-order valence-corrected chi connectivity index (χ3v) is 5.09. The summed E-state index contributed by atoms with van der Waals surface area (Å²) in [7, 11) is 0. The average molecular weight is 459 g/mol. The Labute approximate surface area is 181 Å². The highest BCUT2D eigenvalue weighted by molar-refractivity contribution is 8.01. The van der Waals surface area contributed by atoms with Crippen LogP contribution in [0.25, 0.3) is 5.65 Å². The second-order valence-corrected chi connectivity index (χ2v) is 7.70. The number of carbonyl (C=O) groups is 2. The van der Waals surface area contributed by atoms with Crippen molar-refractivity contribution in [2.75, 3.05) is 0 Å². The van der Waals surface area contributed by atoms with E-state index < -0.39 is 30.8 Å². The zero-order chi connectivity index (χ0) is 23.2. The normalized spacial score (nSPS) is 12.7. The third kappa shape index (κ3) is 7.43. The van der Waals surface area contributed by atoms with Crippen LogP contribution in [0.2, 0.25) is 0 Å². The molecule has 0 radical (unpaired) electrons. The molecule has 6 N–H and O–H groups in total. The number of carbonyl (C=O) groups excluding carboxylic acids is 2. The van der Waals surface area contributed by atoms with Crippen molar-refractivity contribution in [3.8, 4) is 0 Å². The molecule has 0 fully saturated rings. The fourth-order valence-electron chi connectivity index (χ4n) is 2.58. The van der Waals surface area contributed by atoms with Crippen LogP contribution < -0.4 is 21.5 Å². The lowest BCUT2D eigenvalue weighted by Crippen LogP contribution is -2.30. The topological polar surface area (TPSA) is 140 Å². The lowest BCUT2D eigenvalue weighted by molar-refractivity contribution is -0.144. The number of allylic oxidation sites excluding steroid dienone is 1. The number of alkyl halides is 3. The maximum atomic E-state index is 12.2. The fourth-order valence-corrected chi connectivity index (χ4v) is 3.07. The van der Waals surface area contributed by atoms with Gasteiger partial charge in [0.15, 0.2) is 5.65 Å². The minimum atomic E-state index is -4.38. The van der Waals surface area contributed by atoms with Crippen LogP contribution in [0.4, 0.5) is 13.2 Å². The molecule has 13 heteroatoms. The Hall–Kier alpha value is -2.80. The fraction of sp³-hybridized carbons (Fsp3) is 0.444. The predicted molar refractivity (Wildman–Crippen MR) is 110 cm³/mol. The molecule has 0 aliphatic heterocycles. The van der Waals surface area contributed by atoms with Crippen LogP contribution in [-0.2, 0) is 22.7 Å². The van der Waals surface area contributed by atoms with Gasteiger partial charge in [-0.25, -0.2) is 9.50 Å². The molecule has 2 aromatic rings. The summed E-state index contributed by atoms with van der Waals surface area (Å²) in [6, 6.07) is 1.64. The van der Waals surface area contributed by atoms with Gasteiger partial charge in [0.05, 0.1) is 31.1 Å². The van der Waals surface area contributed by atoms with Gasteiger partial charge >= 0.3 is 6.18 Å². The molecule has 2 aromatic heterocycles. The minimum Gasteiger partial charge on any atom is -0.394 e. The molecule has 0 atom stereocenters. The maximum Gasteiger partial charge on any atom is 0.389 e. The molecule has 0 aromatic carbocycles. The van der Waals surface area contributed by atoms with Gasteiger partial charge in [-0.15, -0.1) is 0 Å². The predicted octanol–water partition coefficient (Wildman–Crippen LogP) is 1.74. The molecule has 2 amide bonds. The van der Waals surface area contributed by atoms with Crippen LogP contribution in [0.3, 0.4) is 0 Å². The van der Waals surface area contributed by atoms with Crippen molar-refractivity contribution >= 4 is 29.4 Å². The zero-order valence-corrected chi connectivity index (χ0v) is 17.8. The van der Waals surface area contributed by atoms with E-state index >= 15 is 0 Å². The Balaban J connectivity index is 1.97. The molecule has 0 unspecified atom stereocenters. The van der Waals surface area contributed by atoms with Gasteiger partial charge in [0.1, 0.15) is 5.70 Å². The van der Waals surface area contributed by atoms with Gasteiger partial charge in [-0.05, 0) is 29.5 Å². The lowest BCUT2D eigenvalue weighted by Gasteiger charge is -2.12. The molecule has 9 nitrogen and oxygen atoms in total. The van der Waals surface area contributed by atoms with E-state index in [1.54, 1.807) is 12.3 Å². The Morgan fingerprint density at radius 3 is 2.58 bits per heavy atom. The van der Waals surface area contributed by atoms with E-state index in [0.717, 1.165) is 11.9 Å². The molecule has 0 aliphatic carbocycles.